The molecule has 0 radical (unpaired) electrons. The highest BCUT2D eigenvalue weighted by atomic mass is 16.5. The van der Waals surface area contributed by atoms with Crippen molar-refractivity contribution in [1.82, 2.24) is 10.3 Å². The van der Waals surface area contributed by atoms with Crippen molar-refractivity contribution >= 4 is 17.5 Å². The van der Waals surface area contributed by atoms with Gasteiger partial charge >= 0.3 is 6.09 Å². The Morgan fingerprint density at radius 2 is 1.96 bits per heavy atom. The van der Waals surface area contributed by atoms with E-state index in [0.29, 0.717) is 6.54 Å². The Bertz CT molecular complexity index is 811. The van der Waals surface area contributed by atoms with Crippen LogP contribution in [-0.2, 0) is 10.3 Å². The van der Waals surface area contributed by atoms with E-state index in [-0.39, 0.29) is 12.3 Å². The molecule has 4 rings (SSSR count). The van der Waals surface area contributed by atoms with E-state index in [4.69, 9.17) is 9.47 Å². The zero-order valence-electron chi connectivity index (χ0n) is 14.8. The summed E-state index contributed by atoms with van der Waals surface area (Å²) in [5.74, 6) is 0.803. The van der Waals surface area contributed by atoms with Crippen molar-refractivity contribution in [2.75, 3.05) is 31.5 Å². The first-order valence-electron chi connectivity index (χ1n) is 8.56. The molecule has 1 unspecified atom stereocenters. The molecule has 2 aliphatic rings. The van der Waals surface area contributed by atoms with Gasteiger partial charge in [-0.05, 0) is 36.8 Å². The molecule has 2 atom stereocenters. The molecule has 0 bridgehead atoms. The van der Waals surface area contributed by atoms with Gasteiger partial charge in [0.25, 0.3) is 0 Å². The second kappa shape index (κ2) is 6.42. The van der Waals surface area contributed by atoms with Gasteiger partial charge in [0.2, 0.25) is 0 Å². The minimum Gasteiger partial charge on any atom is -0.497 e. The van der Waals surface area contributed by atoms with Gasteiger partial charge in [-0.1, -0.05) is 18.2 Å². The van der Waals surface area contributed by atoms with E-state index in [9.17, 15) is 4.79 Å². The highest BCUT2D eigenvalue weighted by Gasteiger charge is 2.55. The topological polar surface area (TPSA) is 74.9 Å². The van der Waals surface area contributed by atoms with Gasteiger partial charge in [-0.15, -0.1) is 0 Å². The van der Waals surface area contributed by atoms with Crippen LogP contribution in [0.4, 0.5) is 16.2 Å². The van der Waals surface area contributed by atoms with Crippen LogP contribution in [0.5, 0.6) is 5.75 Å². The number of hydrogen-bond donors (Lipinski definition) is 3. The maximum absolute atomic E-state index is 12.2. The number of anilines is 2. The molecule has 0 aromatic heterocycles. The quantitative estimate of drug-likeness (QED) is 0.733. The van der Waals surface area contributed by atoms with Crippen molar-refractivity contribution in [2.45, 2.75) is 18.1 Å². The van der Waals surface area contributed by atoms with Crippen molar-refractivity contribution in [3.05, 3.63) is 54.1 Å². The van der Waals surface area contributed by atoms with Crippen LogP contribution in [0.1, 0.15) is 12.0 Å². The van der Waals surface area contributed by atoms with E-state index in [1.165, 1.54) is 7.11 Å². The summed E-state index contributed by atoms with van der Waals surface area (Å²) >= 11 is 0. The lowest BCUT2D eigenvalue weighted by atomic mass is 9.89. The summed E-state index contributed by atoms with van der Waals surface area (Å²) in [7, 11) is 3.05. The molecule has 7 nitrogen and oxygen atoms in total. The number of likely N-dealkylation sites (tertiary alicyclic amines) is 1. The van der Waals surface area contributed by atoms with E-state index in [0.717, 1.165) is 29.1 Å². The molecule has 0 saturated carbocycles. The first-order valence-corrected chi connectivity index (χ1v) is 8.56. The molecule has 2 heterocycles. The highest BCUT2D eigenvalue weighted by molar-refractivity contribution is 5.73. The Labute approximate surface area is 152 Å². The molecule has 7 heteroatoms. The first kappa shape index (κ1) is 16.5. The maximum atomic E-state index is 12.2. The fourth-order valence-corrected chi connectivity index (χ4v) is 3.83. The van der Waals surface area contributed by atoms with Crippen LogP contribution >= 0.6 is 0 Å². The summed E-state index contributed by atoms with van der Waals surface area (Å²) in [6.07, 6.45) is 0.210. The molecule has 26 heavy (non-hydrogen) atoms. The monoisotopic (exact) mass is 354 g/mol. The number of nitrogens with one attached hydrogen (secondary N) is 3. The molecule has 136 valence electrons. The molecule has 0 aliphatic carbocycles. The molecular formula is C19H22N4O3. The lowest BCUT2D eigenvalue weighted by molar-refractivity contribution is 0.116. The summed E-state index contributed by atoms with van der Waals surface area (Å²) < 4.78 is 10.2. The molecular weight excluding hydrogens is 332 g/mol. The smallest absolute Gasteiger partial charge is 0.411 e. The van der Waals surface area contributed by atoms with E-state index >= 15 is 0 Å². The van der Waals surface area contributed by atoms with Gasteiger partial charge in [-0.2, -0.15) is 0 Å². The third-order valence-corrected chi connectivity index (χ3v) is 5.15. The van der Waals surface area contributed by atoms with E-state index < -0.39 is 5.54 Å². The minimum absolute atomic E-state index is 0.224. The Balaban J connectivity index is 1.62. The molecule has 1 saturated heterocycles. The van der Waals surface area contributed by atoms with Crippen LogP contribution in [0.3, 0.4) is 0 Å². The SMILES string of the molecule is COC(=O)N1CC[C@]2(NNc3ccc(OC)cc3)c3ccccc3NC12. The lowest BCUT2D eigenvalue weighted by Gasteiger charge is -2.33. The van der Waals surface area contributed by atoms with Gasteiger partial charge < -0.3 is 20.2 Å². The summed E-state index contributed by atoms with van der Waals surface area (Å²) in [6.45, 7) is 0.607. The van der Waals surface area contributed by atoms with Crippen LogP contribution in [0.25, 0.3) is 0 Å². The van der Waals surface area contributed by atoms with E-state index in [1.54, 1.807) is 12.0 Å². The summed E-state index contributed by atoms with van der Waals surface area (Å²) in [5.41, 5.74) is 9.40. The van der Waals surface area contributed by atoms with Crippen molar-refractivity contribution in [3.63, 3.8) is 0 Å². The Hall–Kier alpha value is -2.93. The molecule has 2 aliphatic heterocycles. The van der Waals surface area contributed by atoms with Crippen molar-refractivity contribution < 1.29 is 14.3 Å². The predicted molar refractivity (Wildman–Crippen MR) is 99.0 cm³/mol. The highest BCUT2D eigenvalue weighted by Crippen LogP contribution is 2.46. The average molecular weight is 354 g/mol. The van der Waals surface area contributed by atoms with E-state index in [2.05, 4.69) is 22.2 Å². The molecule has 2 aromatic carbocycles. The summed E-state index contributed by atoms with van der Waals surface area (Å²) in [4.78, 5) is 13.9. The number of carbonyl (C=O) groups is 1. The average Bonchev–Trinajstić information content (AvgIpc) is 3.20. The third kappa shape index (κ3) is 2.52. The molecule has 1 amide bonds. The number of rotatable bonds is 4. The van der Waals surface area contributed by atoms with Gasteiger partial charge in [0, 0.05) is 23.5 Å². The Morgan fingerprint density at radius 1 is 1.19 bits per heavy atom. The fourth-order valence-electron chi connectivity index (χ4n) is 3.83. The maximum Gasteiger partial charge on any atom is 0.411 e. The normalized spacial score (nSPS) is 23.0. The second-order valence-corrected chi connectivity index (χ2v) is 6.46. The van der Waals surface area contributed by atoms with Crippen LogP contribution in [0, 0.1) is 0 Å². The second-order valence-electron chi connectivity index (χ2n) is 6.46. The molecule has 1 fully saturated rings. The predicted octanol–water partition coefficient (Wildman–Crippen LogP) is 2.73. The fraction of sp³-hybridized carbons (Fsp3) is 0.316. The van der Waals surface area contributed by atoms with Crippen molar-refractivity contribution in [1.29, 1.82) is 0 Å². The largest absolute Gasteiger partial charge is 0.497 e. The van der Waals surface area contributed by atoms with Gasteiger partial charge in [0.1, 0.15) is 17.5 Å². The zero-order chi connectivity index (χ0) is 18.1. The number of methoxy groups -OCH3 is 2. The van der Waals surface area contributed by atoms with Gasteiger partial charge in [0.15, 0.2) is 0 Å². The number of ether oxygens (including phenoxy) is 2. The number of hydrazine groups is 1. The van der Waals surface area contributed by atoms with Crippen LogP contribution < -0.4 is 20.9 Å². The Kier molecular flexibility index (Phi) is 4.08. The number of para-hydroxylation sites is 1. The number of hydrogen-bond acceptors (Lipinski definition) is 6. The van der Waals surface area contributed by atoms with Crippen LogP contribution in [0.2, 0.25) is 0 Å². The zero-order valence-corrected chi connectivity index (χ0v) is 14.8. The summed E-state index contributed by atoms with van der Waals surface area (Å²) in [5, 5.41) is 3.46. The summed E-state index contributed by atoms with van der Waals surface area (Å²) in [6, 6.07) is 15.8. The van der Waals surface area contributed by atoms with Crippen LogP contribution in [0.15, 0.2) is 48.5 Å². The minimum atomic E-state index is -0.440. The van der Waals surface area contributed by atoms with Gasteiger partial charge in [0.05, 0.1) is 14.2 Å². The van der Waals surface area contributed by atoms with E-state index in [1.807, 2.05) is 42.5 Å². The number of carbonyl (C=O) groups excluding carboxylic acids is 1. The molecule has 0 spiro atoms. The molecule has 2 aromatic rings. The number of nitrogens with zero attached hydrogens (tertiary/aromatic N) is 1. The van der Waals surface area contributed by atoms with Crippen molar-refractivity contribution in [3.8, 4) is 5.75 Å². The Morgan fingerprint density at radius 3 is 2.69 bits per heavy atom. The first-order chi connectivity index (χ1) is 12.7. The third-order valence-electron chi connectivity index (χ3n) is 5.15. The van der Waals surface area contributed by atoms with Gasteiger partial charge in [-0.25, -0.2) is 10.2 Å². The standard InChI is InChI=1S/C19H22N4O3/c1-25-14-9-7-13(8-10-14)21-22-19-11-12-23(18(24)26-2)17(19)20-16-6-4-3-5-15(16)19/h3-10,17,20-22H,11-12H2,1-2H3/t17?,19-/m0/s1. The van der Waals surface area contributed by atoms with Gasteiger partial charge in [-0.3, -0.25) is 4.90 Å². The number of benzene rings is 2. The lowest BCUT2D eigenvalue weighted by Crippen LogP contribution is -2.54. The van der Waals surface area contributed by atoms with Crippen molar-refractivity contribution in [2.24, 2.45) is 0 Å². The number of amides is 1. The molecule has 3 N–H and O–H groups in total. The number of fused-ring (bicyclic) bond motifs is 3. The van der Waals surface area contributed by atoms with Crippen LogP contribution in [-0.4, -0.2) is 37.9 Å².